The summed E-state index contributed by atoms with van der Waals surface area (Å²) in [6, 6.07) is 4.51. The molecule has 0 aromatic heterocycles. The number of methoxy groups -OCH3 is 1. The van der Waals surface area contributed by atoms with E-state index in [0.717, 1.165) is 31.8 Å². The van der Waals surface area contributed by atoms with E-state index in [1.165, 1.54) is 32.2 Å². The fraction of sp³-hybridized carbons (Fsp3) is 0.545. The first-order valence-electron chi connectivity index (χ1n) is 10.2. The third kappa shape index (κ3) is 5.55. The van der Waals surface area contributed by atoms with Gasteiger partial charge in [0.15, 0.2) is 30.0 Å². The third-order valence-corrected chi connectivity index (χ3v) is 5.61. The van der Waals surface area contributed by atoms with Crippen LogP contribution in [-0.4, -0.2) is 65.1 Å². The van der Waals surface area contributed by atoms with Crippen LogP contribution in [0.5, 0.6) is 11.5 Å². The summed E-state index contributed by atoms with van der Waals surface area (Å²) in [6.45, 7) is 1.18. The monoisotopic (exact) mass is 436 g/mol. The van der Waals surface area contributed by atoms with Crippen LogP contribution >= 0.6 is 0 Å². The van der Waals surface area contributed by atoms with E-state index >= 15 is 0 Å². The Morgan fingerprint density at radius 2 is 1.84 bits per heavy atom. The lowest BCUT2D eigenvalue weighted by molar-refractivity contribution is -0.296. The van der Waals surface area contributed by atoms with Gasteiger partial charge in [0.1, 0.15) is 6.10 Å². The number of carbonyl (C=O) groups is 2. The lowest BCUT2D eigenvalue weighted by Gasteiger charge is -2.43. The fourth-order valence-electron chi connectivity index (χ4n) is 4.13. The number of aromatic hydroxyl groups is 1. The number of esters is 2. The maximum atomic E-state index is 12.3. The van der Waals surface area contributed by atoms with Gasteiger partial charge in [-0.05, 0) is 42.5 Å². The smallest absolute Gasteiger partial charge is 0.331 e. The standard InChI is InChI=1S/C22H28O9/c1-12(23)29-20-18(26)19(14-5-3-4-6-14)31-22(27)21(20)30-17(25)10-8-13-7-9-15(24)16(11-13)28-2/h7-11,14,18-22,24,26-27H,3-6H2,1-2H3/t18-,19-,20-,21+,22+/m0/s1. The van der Waals surface area contributed by atoms with E-state index in [9.17, 15) is 24.9 Å². The second-order valence-electron chi connectivity index (χ2n) is 7.77. The lowest BCUT2D eigenvalue weighted by Crippen LogP contribution is -2.61. The minimum absolute atomic E-state index is 0.0312. The highest BCUT2D eigenvalue weighted by atomic mass is 16.7. The molecule has 0 amide bonds. The molecule has 0 spiro atoms. The van der Waals surface area contributed by atoms with E-state index in [0.29, 0.717) is 5.56 Å². The Labute approximate surface area is 180 Å². The second-order valence-corrected chi connectivity index (χ2v) is 7.77. The molecule has 2 fully saturated rings. The van der Waals surface area contributed by atoms with Gasteiger partial charge in [0.05, 0.1) is 13.2 Å². The summed E-state index contributed by atoms with van der Waals surface area (Å²) in [6.07, 6.45) is 0.0707. The molecule has 9 nitrogen and oxygen atoms in total. The Balaban J connectivity index is 1.71. The maximum absolute atomic E-state index is 12.3. The van der Waals surface area contributed by atoms with E-state index in [1.807, 2.05) is 0 Å². The molecule has 9 heteroatoms. The fourth-order valence-corrected chi connectivity index (χ4v) is 4.13. The molecule has 1 aliphatic carbocycles. The highest BCUT2D eigenvalue weighted by molar-refractivity contribution is 5.87. The molecule has 1 saturated heterocycles. The van der Waals surface area contributed by atoms with Crippen molar-refractivity contribution in [3.8, 4) is 11.5 Å². The van der Waals surface area contributed by atoms with Gasteiger partial charge in [-0.1, -0.05) is 18.9 Å². The van der Waals surface area contributed by atoms with E-state index in [2.05, 4.69) is 0 Å². The number of carbonyl (C=O) groups excluding carboxylic acids is 2. The van der Waals surface area contributed by atoms with Gasteiger partial charge in [-0.15, -0.1) is 0 Å². The topological polar surface area (TPSA) is 132 Å². The van der Waals surface area contributed by atoms with Crippen LogP contribution in [0.3, 0.4) is 0 Å². The predicted molar refractivity (Wildman–Crippen MR) is 108 cm³/mol. The number of ether oxygens (including phenoxy) is 4. The van der Waals surface area contributed by atoms with E-state index in [4.69, 9.17) is 18.9 Å². The van der Waals surface area contributed by atoms with Crippen LogP contribution in [0, 0.1) is 5.92 Å². The van der Waals surface area contributed by atoms with Crippen molar-refractivity contribution in [1.82, 2.24) is 0 Å². The van der Waals surface area contributed by atoms with Gasteiger partial charge in [-0.3, -0.25) is 4.79 Å². The largest absolute Gasteiger partial charge is 0.504 e. The van der Waals surface area contributed by atoms with Crippen molar-refractivity contribution < 1.29 is 43.9 Å². The van der Waals surface area contributed by atoms with Crippen molar-refractivity contribution in [2.75, 3.05) is 7.11 Å². The van der Waals surface area contributed by atoms with Crippen molar-refractivity contribution in [1.29, 1.82) is 0 Å². The van der Waals surface area contributed by atoms with Gasteiger partial charge in [-0.2, -0.15) is 0 Å². The first kappa shape index (κ1) is 23.1. The van der Waals surface area contributed by atoms with Crippen LogP contribution in [0.2, 0.25) is 0 Å². The molecule has 2 aliphatic rings. The van der Waals surface area contributed by atoms with Crippen LogP contribution in [0.15, 0.2) is 24.3 Å². The molecule has 0 bridgehead atoms. The highest BCUT2D eigenvalue weighted by Gasteiger charge is 2.51. The van der Waals surface area contributed by atoms with Gasteiger partial charge in [-0.25, -0.2) is 4.79 Å². The van der Waals surface area contributed by atoms with Crippen molar-refractivity contribution in [2.24, 2.45) is 5.92 Å². The molecule has 1 aromatic carbocycles. The maximum Gasteiger partial charge on any atom is 0.331 e. The number of hydrogen-bond donors (Lipinski definition) is 3. The normalized spacial score (nSPS) is 29.1. The molecule has 1 aliphatic heterocycles. The number of aliphatic hydroxyl groups excluding tert-OH is 2. The van der Waals surface area contributed by atoms with Gasteiger partial charge >= 0.3 is 11.9 Å². The lowest BCUT2D eigenvalue weighted by atomic mass is 9.88. The number of phenols is 1. The van der Waals surface area contributed by atoms with Crippen molar-refractivity contribution in [3.05, 3.63) is 29.8 Å². The van der Waals surface area contributed by atoms with Crippen LogP contribution < -0.4 is 4.74 Å². The zero-order valence-electron chi connectivity index (χ0n) is 17.5. The SMILES string of the molecule is COc1cc(C=CC(=O)O[C@@H]2[C@@H](OC(C)=O)[C@@H](O)[C@H](C3CCCC3)O[C@H]2O)ccc1O. The summed E-state index contributed by atoms with van der Waals surface area (Å²) in [5, 5.41) is 30.9. The molecule has 170 valence electrons. The molecule has 1 aromatic rings. The number of hydrogen-bond acceptors (Lipinski definition) is 9. The third-order valence-electron chi connectivity index (χ3n) is 5.61. The summed E-state index contributed by atoms with van der Waals surface area (Å²) < 4.78 is 21.1. The number of aliphatic hydroxyl groups is 2. The van der Waals surface area contributed by atoms with Crippen LogP contribution in [0.1, 0.15) is 38.2 Å². The van der Waals surface area contributed by atoms with Crippen molar-refractivity contribution >= 4 is 18.0 Å². The molecular formula is C22H28O9. The molecule has 1 heterocycles. The number of phenolic OH excluding ortho intramolecular Hbond substituents is 1. The first-order chi connectivity index (χ1) is 14.8. The molecule has 31 heavy (non-hydrogen) atoms. The van der Waals surface area contributed by atoms with Crippen LogP contribution in [0.4, 0.5) is 0 Å². The Morgan fingerprint density at radius 3 is 2.48 bits per heavy atom. The van der Waals surface area contributed by atoms with Crippen LogP contribution in [0.25, 0.3) is 6.08 Å². The van der Waals surface area contributed by atoms with Crippen LogP contribution in [-0.2, 0) is 23.8 Å². The van der Waals surface area contributed by atoms with Gasteiger partial charge in [0, 0.05) is 13.0 Å². The summed E-state index contributed by atoms with van der Waals surface area (Å²) in [4.78, 5) is 23.9. The highest BCUT2D eigenvalue weighted by Crippen LogP contribution is 2.36. The van der Waals surface area contributed by atoms with Crippen molar-refractivity contribution in [2.45, 2.75) is 63.3 Å². The zero-order chi connectivity index (χ0) is 22.5. The summed E-state index contributed by atoms with van der Waals surface area (Å²) in [7, 11) is 1.40. The molecule has 1 saturated carbocycles. The van der Waals surface area contributed by atoms with E-state index < -0.39 is 42.6 Å². The predicted octanol–water partition coefficient (Wildman–Crippen LogP) is 1.53. The van der Waals surface area contributed by atoms with Gasteiger partial charge in [0.25, 0.3) is 0 Å². The molecule has 0 radical (unpaired) electrons. The molecule has 5 atom stereocenters. The number of rotatable bonds is 6. The summed E-state index contributed by atoms with van der Waals surface area (Å²) >= 11 is 0. The number of benzene rings is 1. The van der Waals surface area contributed by atoms with Crippen molar-refractivity contribution in [3.63, 3.8) is 0 Å². The molecular weight excluding hydrogens is 408 g/mol. The molecule has 3 rings (SSSR count). The quantitative estimate of drug-likeness (QED) is 0.449. The Morgan fingerprint density at radius 1 is 1.13 bits per heavy atom. The van der Waals surface area contributed by atoms with Gasteiger partial charge in [0.2, 0.25) is 0 Å². The Hall–Kier alpha value is -2.62. The van der Waals surface area contributed by atoms with Gasteiger partial charge < -0.3 is 34.3 Å². The zero-order valence-corrected chi connectivity index (χ0v) is 17.5. The summed E-state index contributed by atoms with van der Waals surface area (Å²) in [5.41, 5.74) is 0.560. The Bertz CT molecular complexity index is 815. The molecule has 0 unspecified atom stereocenters. The second kappa shape index (κ2) is 10.1. The minimum atomic E-state index is -1.55. The first-order valence-corrected chi connectivity index (χ1v) is 10.2. The average molecular weight is 436 g/mol. The Kier molecular flexibility index (Phi) is 7.53. The van der Waals surface area contributed by atoms with E-state index in [1.54, 1.807) is 6.07 Å². The van der Waals surface area contributed by atoms with E-state index in [-0.39, 0.29) is 17.4 Å². The average Bonchev–Trinajstić information content (AvgIpc) is 3.26. The minimum Gasteiger partial charge on any atom is -0.504 e. The molecule has 3 N–H and O–H groups in total. The summed E-state index contributed by atoms with van der Waals surface area (Å²) in [5.74, 6) is -1.27.